The third-order valence-electron chi connectivity index (χ3n) is 2.10. The molecule has 1 aliphatic carbocycles. The molecule has 1 aliphatic rings. The van der Waals surface area contributed by atoms with Gasteiger partial charge in [0, 0.05) is 6.04 Å². The van der Waals surface area contributed by atoms with Crippen LogP contribution in [0.15, 0.2) is 12.7 Å². The van der Waals surface area contributed by atoms with E-state index in [0.717, 1.165) is 19.4 Å². The van der Waals surface area contributed by atoms with Crippen molar-refractivity contribution >= 4 is 5.91 Å². The molecule has 0 spiro atoms. The van der Waals surface area contributed by atoms with Crippen LogP contribution in [0, 0.1) is 5.92 Å². The van der Waals surface area contributed by atoms with Crippen LogP contribution in [-0.2, 0) is 4.79 Å². The number of nitrogens with two attached hydrogens (primary N) is 1. The van der Waals surface area contributed by atoms with Crippen molar-refractivity contribution in [3.05, 3.63) is 12.7 Å². The predicted molar refractivity (Wildman–Crippen MR) is 43.9 cm³/mol. The Labute approximate surface area is 66.6 Å². The van der Waals surface area contributed by atoms with Gasteiger partial charge in [-0.25, -0.2) is 0 Å². The minimum absolute atomic E-state index is 0.0783. The second-order valence-electron chi connectivity index (χ2n) is 2.98. The number of rotatable bonds is 3. The summed E-state index contributed by atoms with van der Waals surface area (Å²) in [6.45, 7) is 4.11. The highest BCUT2D eigenvalue weighted by Gasteiger charge is 2.28. The van der Waals surface area contributed by atoms with Gasteiger partial charge >= 0.3 is 0 Å². The molecule has 1 amide bonds. The molecular weight excluding hydrogens is 140 g/mol. The highest BCUT2D eigenvalue weighted by molar-refractivity contribution is 5.87. The summed E-state index contributed by atoms with van der Waals surface area (Å²) in [4.78, 5) is 10.7. The van der Waals surface area contributed by atoms with Gasteiger partial charge in [-0.1, -0.05) is 6.58 Å². The molecule has 0 bridgehead atoms. The summed E-state index contributed by atoms with van der Waals surface area (Å²) in [5, 5.41) is 2.82. The molecule has 11 heavy (non-hydrogen) atoms. The van der Waals surface area contributed by atoms with E-state index in [1.807, 2.05) is 0 Å². The largest absolute Gasteiger partial charge is 0.350 e. The summed E-state index contributed by atoms with van der Waals surface area (Å²) in [5.41, 5.74) is 5.43. The van der Waals surface area contributed by atoms with E-state index in [2.05, 4.69) is 11.9 Å². The molecular formula is C8H14N2O. The van der Waals surface area contributed by atoms with Gasteiger partial charge in [-0.2, -0.15) is 0 Å². The SMILES string of the molecule is C=CC(=O)N[C@H]1C[C@@H](CN)C1. The highest BCUT2D eigenvalue weighted by atomic mass is 16.1. The normalized spacial score (nSPS) is 28.8. The fourth-order valence-electron chi connectivity index (χ4n) is 1.31. The molecule has 3 nitrogen and oxygen atoms in total. The maximum absolute atomic E-state index is 10.7. The zero-order chi connectivity index (χ0) is 8.27. The van der Waals surface area contributed by atoms with Crippen LogP contribution in [0.4, 0.5) is 0 Å². The van der Waals surface area contributed by atoms with E-state index in [0.29, 0.717) is 12.0 Å². The standard InChI is InChI=1S/C8H14N2O/c1-2-8(11)10-7-3-6(4-7)5-9/h2,6-7H,1,3-5,9H2,(H,10,11)/t6-,7+. The number of nitrogens with one attached hydrogen (secondary N) is 1. The first-order chi connectivity index (χ1) is 5.26. The van der Waals surface area contributed by atoms with E-state index in [4.69, 9.17) is 5.73 Å². The lowest BCUT2D eigenvalue weighted by molar-refractivity contribution is -0.117. The van der Waals surface area contributed by atoms with Crippen molar-refractivity contribution in [3.63, 3.8) is 0 Å². The molecule has 0 heterocycles. The monoisotopic (exact) mass is 154 g/mol. The minimum atomic E-state index is -0.0783. The minimum Gasteiger partial charge on any atom is -0.350 e. The molecule has 0 aromatic carbocycles. The first-order valence-electron chi connectivity index (χ1n) is 3.89. The lowest BCUT2D eigenvalue weighted by atomic mass is 9.80. The molecule has 0 aliphatic heterocycles. The van der Waals surface area contributed by atoms with Gasteiger partial charge in [0.05, 0.1) is 0 Å². The summed E-state index contributed by atoms with van der Waals surface area (Å²) in [7, 11) is 0. The lowest BCUT2D eigenvalue weighted by Gasteiger charge is -2.34. The van der Waals surface area contributed by atoms with E-state index >= 15 is 0 Å². The van der Waals surface area contributed by atoms with Crippen molar-refractivity contribution in [2.45, 2.75) is 18.9 Å². The van der Waals surface area contributed by atoms with Crippen molar-refractivity contribution in [3.8, 4) is 0 Å². The third kappa shape index (κ3) is 2.05. The van der Waals surface area contributed by atoms with E-state index in [-0.39, 0.29) is 5.91 Å². The zero-order valence-corrected chi connectivity index (χ0v) is 6.55. The van der Waals surface area contributed by atoms with Crippen LogP contribution in [0.25, 0.3) is 0 Å². The van der Waals surface area contributed by atoms with E-state index in [1.165, 1.54) is 6.08 Å². The van der Waals surface area contributed by atoms with Gasteiger partial charge < -0.3 is 11.1 Å². The van der Waals surface area contributed by atoms with Crippen molar-refractivity contribution < 1.29 is 4.79 Å². The van der Waals surface area contributed by atoms with Crippen molar-refractivity contribution in [1.29, 1.82) is 0 Å². The average molecular weight is 154 g/mol. The number of hydrogen-bond donors (Lipinski definition) is 2. The summed E-state index contributed by atoms with van der Waals surface area (Å²) < 4.78 is 0. The molecule has 62 valence electrons. The van der Waals surface area contributed by atoms with E-state index < -0.39 is 0 Å². The number of carbonyl (C=O) groups is 1. The summed E-state index contributed by atoms with van der Waals surface area (Å²) in [5.74, 6) is 0.538. The van der Waals surface area contributed by atoms with Gasteiger partial charge in [0.15, 0.2) is 0 Å². The maximum atomic E-state index is 10.7. The molecule has 1 fully saturated rings. The molecule has 0 saturated heterocycles. The van der Waals surface area contributed by atoms with Gasteiger partial charge in [-0.15, -0.1) is 0 Å². The molecule has 0 aromatic rings. The Hall–Kier alpha value is -0.830. The van der Waals surface area contributed by atoms with Crippen LogP contribution in [0.3, 0.4) is 0 Å². The molecule has 0 atom stereocenters. The van der Waals surface area contributed by atoms with Gasteiger partial charge in [0.2, 0.25) is 5.91 Å². The van der Waals surface area contributed by atoms with Crippen LogP contribution in [0.5, 0.6) is 0 Å². The maximum Gasteiger partial charge on any atom is 0.243 e. The Morgan fingerprint density at radius 1 is 1.73 bits per heavy atom. The highest BCUT2D eigenvalue weighted by Crippen LogP contribution is 2.25. The van der Waals surface area contributed by atoms with Crippen LogP contribution < -0.4 is 11.1 Å². The van der Waals surface area contributed by atoms with Gasteiger partial charge in [0.25, 0.3) is 0 Å². The molecule has 0 unspecified atom stereocenters. The van der Waals surface area contributed by atoms with Crippen molar-refractivity contribution in [2.24, 2.45) is 11.7 Å². The molecule has 1 rings (SSSR count). The van der Waals surface area contributed by atoms with Gasteiger partial charge in [-0.05, 0) is 31.4 Å². The lowest BCUT2D eigenvalue weighted by Crippen LogP contribution is -2.45. The topological polar surface area (TPSA) is 55.1 Å². The number of hydrogen-bond acceptors (Lipinski definition) is 2. The molecule has 0 aromatic heterocycles. The summed E-state index contributed by atoms with van der Waals surface area (Å²) in [6.07, 6.45) is 3.35. The van der Waals surface area contributed by atoms with Crippen LogP contribution in [0.1, 0.15) is 12.8 Å². The van der Waals surface area contributed by atoms with Crippen LogP contribution >= 0.6 is 0 Å². The Balaban J connectivity index is 2.13. The quantitative estimate of drug-likeness (QED) is 0.563. The van der Waals surface area contributed by atoms with Crippen molar-refractivity contribution in [1.82, 2.24) is 5.32 Å². The predicted octanol–water partition coefficient (Wildman–Crippen LogP) is 0.0259. The average Bonchev–Trinajstić information content (AvgIpc) is 1.95. The van der Waals surface area contributed by atoms with Crippen LogP contribution in [0.2, 0.25) is 0 Å². The number of amides is 1. The van der Waals surface area contributed by atoms with Crippen LogP contribution in [-0.4, -0.2) is 18.5 Å². The van der Waals surface area contributed by atoms with Gasteiger partial charge in [0.1, 0.15) is 0 Å². The Kier molecular flexibility index (Phi) is 2.65. The Morgan fingerprint density at radius 3 is 2.82 bits per heavy atom. The fourth-order valence-corrected chi connectivity index (χ4v) is 1.31. The van der Waals surface area contributed by atoms with Crippen molar-refractivity contribution in [2.75, 3.05) is 6.54 Å². The Bertz CT molecular complexity index is 161. The first-order valence-corrected chi connectivity index (χ1v) is 3.89. The first kappa shape index (κ1) is 8.27. The third-order valence-corrected chi connectivity index (χ3v) is 2.10. The molecule has 1 saturated carbocycles. The molecule has 0 radical (unpaired) electrons. The summed E-state index contributed by atoms with van der Waals surface area (Å²) >= 11 is 0. The van der Waals surface area contributed by atoms with E-state index in [9.17, 15) is 4.79 Å². The second kappa shape index (κ2) is 3.53. The second-order valence-corrected chi connectivity index (χ2v) is 2.98. The van der Waals surface area contributed by atoms with E-state index in [1.54, 1.807) is 0 Å². The molecule has 3 heteroatoms. The van der Waals surface area contributed by atoms with Gasteiger partial charge in [-0.3, -0.25) is 4.79 Å². The smallest absolute Gasteiger partial charge is 0.243 e. The molecule has 3 N–H and O–H groups in total. The Morgan fingerprint density at radius 2 is 2.36 bits per heavy atom. The fraction of sp³-hybridized carbons (Fsp3) is 0.625. The zero-order valence-electron chi connectivity index (χ0n) is 6.55. The summed E-state index contributed by atoms with van der Waals surface area (Å²) in [6, 6.07) is 0.342. The number of carbonyl (C=O) groups excluding carboxylic acids is 1.